The summed E-state index contributed by atoms with van der Waals surface area (Å²) >= 11 is 0. The number of benzene rings is 3. The SMILES string of the molecule is Cc1cc(Cc2ccccc2S(=O)(=O)Nc2ccc(OCCN3CCCC3)cc2)ccc1O. The van der Waals surface area contributed by atoms with Crippen molar-refractivity contribution in [2.24, 2.45) is 0 Å². The molecule has 1 aliphatic heterocycles. The lowest BCUT2D eigenvalue weighted by Gasteiger charge is -2.15. The molecule has 1 heterocycles. The second-order valence-electron chi connectivity index (χ2n) is 8.43. The van der Waals surface area contributed by atoms with E-state index in [1.54, 1.807) is 42.5 Å². The van der Waals surface area contributed by atoms with Crippen molar-refractivity contribution in [1.29, 1.82) is 0 Å². The van der Waals surface area contributed by atoms with Crippen molar-refractivity contribution >= 4 is 15.7 Å². The largest absolute Gasteiger partial charge is 0.508 e. The van der Waals surface area contributed by atoms with Gasteiger partial charge in [0.1, 0.15) is 18.1 Å². The summed E-state index contributed by atoms with van der Waals surface area (Å²) < 4.78 is 34.8. The van der Waals surface area contributed by atoms with Crippen molar-refractivity contribution in [2.45, 2.75) is 31.1 Å². The summed E-state index contributed by atoms with van der Waals surface area (Å²) in [4.78, 5) is 2.63. The predicted octanol–water partition coefficient (Wildman–Crippen LogP) is 4.57. The Bertz CT molecular complexity index is 1190. The third-order valence-electron chi connectivity index (χ3n) is 5.90. The van der Waals surface area contributed by atoms with Crippen LogP contribution < -0.4 is 9.46 Å². The molecule has 1 aliphatic rings. The van der Waals surface area contributed by atoms with E-state index in [-0.39, 0.29) is 10.6 Å². The molecule has 0 bridgehead atoms. The van der Waals surface area contributed by atoms with Crippen molar-refractivity contribution in [1.82, 2.24) is 4.90 Å². The Hall–Kier alpha value is -3.03. The van der Waals surface area contributed by atoms with Crippen LogP contribution in [0.5, 0.6) is 11.5 Å². The van der Waals surface area contributed by atoms with E-state index in [0.29, 0.717) is 24.3 Å². The number of aromatic hydroxyl groups is 1. The summed E-state index contributed by atoms with van der Waals surface area (Å²) in [5, 5.41) is 9.76. The molecule has 0 spiro atoms. The Morgan fingerprint density at radius 3 is 2.45 bits per heavy atom. The third-order valence-corrected chi connectivity index (χ3v) is 7.38. The highest BCUT2D eigenvalue weighted by molar-refractivity contribution is 7.92. The zero-order chi connectivity index (χ0) is 23.3. The number of phenols is 1. The van der Waals surface area contributed by atoms with E-state index >= 15 is 0 Å². The first kappa shape index (κ1) is 23.1. The molecule has 0 radical (unpaired) electrons. The number of rotatable bonds is 9. The number of sulfonamides is 1. The zero-order valence-electron chi connectivity index (χ0n) is 18.8. The molecule has 0 saturated carbocycles. The van der Waals surface area contributed by atoms with Gasteiger partial charge in [0, 0.05) is 12.2 Å². The van der Waals surface area contributed by atoms with Gasteiger partial charge in [-0.2, -0.15) is 0 Å². The van der Waals surface area contributed by atoms with E-state index in [2.05, 4.69) is 9.62 Å². The second-order valence-corrected chi connectivity index (χ2v) is 10.1. The lowest BCUT2D eigenvalue weighted by molar-refractivity contribution is 0.238. The van der Waals surface area contributed by atoms with Crippen LogP contribution >= 0.6 is 0 Å². The molecule has 7 heteroatoms. The average Bonchev–Trinajstić information content (AvgIpc) is 3.31. The van der Waals surface area contributed by atoms with Crippen LogP contribution in [0.2, 0.25) is 0 Å². The van der Waals surface area contributed by atoms with Gasteiger partial charge in [0.05, 0.1) is 4.90 Å². The first-order chi connectivity index (χ1) is 15.9. The van der Waals surface area contributed by atoms with E-state index in [9.17, 15) is 13.5 Å². The molecule has 0 aliphatic carbocycles. The van der Waals surface area contributed by atoms with Gasteiger partial charge in [0.15, 0.2) is 0 Å². The first-order valence-corrected chi connectivity index (χ1v) is 12.7. The minimum Gasteiger partial charge on any atom is -0.508 e. The van der Waals surface area contributed by atoms with Gasteiger partial charge in [-0.3, -0.25) is 9.62 Å². The Morgan fingerprint density at radius 1 is 1.00 bits per heavy atom. The first-order valence-electron chi connectivity index (χ1n) is 11.3. The van der Waals surface area contributed by atoms with Gasteiger partial charge in [0.25, 0.3) is 10.0 Å². The van der Waals surface area contributed by atoms with Crippen molar-refractivity contribution in [2.75, 3.05) is 31.0 Å². The summed E-state index contributed by atoms with van der Waals surface area (Å²) in [5.74, 6) is 0.949. The molecule has 0 atom stereocenters. The summed E-state index contributed by atoms with van der Waals surface area (Å²) in [7, 11) is -3.77. The van der Waals surface area contributed by atoms with Crippen LogP contribution in [0.25, 0.3) is 0 Å². The molecule has 1 fully saturated rings. The monoisotopic (exact) mass is 466 g/mol. The average molecular weight is 467 g/mol. The standard InChI is InChI=1S/C26H30N2O4S/c1-20-18-21(8-13-25(20)29)19-22-6-2-3-7-26(22)33(30,31)27-23-9-11-24(12-10-23)32-17-16-28-14-4-5-15-28/h2-3,6-13,18,27,29H,4-5,14-17,19H2,1H3. The number of ether oxygens (including phenoxy) is 1. The van der Waals surface area contributed by atoms with E-state index in [1.165, 1.54) is 12.8 Å². The van der Waals surface area contributed by atoms with E-state index in [0.717, 1.165) is 36.5 Å². The summed E-state index contributed by atoms with van der Waals surface area (Å²) in [6.07, 6.45) is 2.96. The van der Waals surface area contributed by atoms with Crippen molar-refractivity contribution in [3.63, 3.8) is 0 Å². The topological polar surface area (TPSA) is 78.9 Å². The van der Waals surface area contributed by atoms with Gasteiger partial charge in [-0.25, -0.2) is 8.42 Å². The molecular formula is C26H30N2O4S. The Kier molecular flexibility index (Phi) is 7.20. The smallest absolute Gasteiger partial charge is 0.262 e. The Balaban J connectivity index is 1.42. The number of anilines is 1. The molecular weight excluding hydrogens is 436 g/mol. The molecule has 3 aromatic rings. The van der Waals surface area contributed by atoms with E-state index < -0.39 is 10.0 Å². The minimum atomic E-state index is -3.77. The fraction of sp³-hybridized carbons (Fsp3) is 0.308. The third kappa shape index (κ3) is 6.06. The minimum absolute atomic E-state index is 0.227. The molecule has 0 amide bonds. The molecule has 3 aromatic carbocycles. The van der Waals surface area contributed by atoms with Gasteiger partial charge in [-0.15, -0.1) is 0 Å². The predicted molar refractivity (Wildman–Crippen MR) is 131 cm³/mol. The number of hydrogen-bond donors (Lipinski definition) is 2. The number of phenolic OH excluding ortho intramolecular Hbond substituents is 1. The van der Waals surface area contributed by atoms with Crippen LogP contribution in [0.15, 0.2) is 71.6 Å². The lowest BCUT2D eigenvalue weighted by atomic mass is 10.0. The summed E-state index contributed by atoms with van der Waals surface area (Å²) in [5.41, 5.74) is 2.87. The highest BCUT2D eigenvalue weighted by atomic mass is 32.2. The van der Waals surface area contributed by atoms with Crippen LogP contribution in [-0.2, 0) is 16.4 Å². The van der Waals surface area contributed by atoms with Crippen LogP contribution in [0.1, 0.15) is 29.5 Å². The Labute approximate surface area is 195 Å². The zero-order valence-corrected chi connectivity index (χ0v) is 19.6. The van der Waals surface area contributed by atoms with Gasteiger partial charge in [-0.05, 0) is 92.4 Å². The quantitative estimate of drug-likeness (QED) is 0.483. The van der Waals surface area contributed by atoms with Crippen LogP contribution in [0.3, 0.4) is 0 Å². The maximum Gasteiger partial charge on any atom is 0.262 e. The maximum absolute atomic E-state index is 13.1. The van der Waals surface area contributed by atoms with Crippen LogP contribution in [0.4, 0.5) is 5.69 Å². The molecule has 2 N–H and O–H groups in total. The van der Waals surface area contributed by atoms with Gasteiger partial charge in [0.2, 0.25) is 0 Å². The van der Waals surface area contributed by atoms with Crippen LogP contribution in [-0.4, -0.2) is 44.7 Å². The number of aryl methyl sites for hydroxylation is 1. The van der Waals surface area contributed by atoms with Gasteiger partial charge >= 0.3 is 0 Å². The van der Waals surface area contributed by atoms with Crippen molar-refractivity contribution < 1.29 is 18.3 Å². The molecule has 4 rings (SSSR count). The number of nitrogens with zero attached hydrogens (tertiary/aromatic N) is 1. The summed E-state index contributed by atoms with van der Waals surface area (Å²) in [6.45, 7) is 5.62. The molecule has 0 unspecified atom stereocenters. The highest BCUT2D eigenvalue weighted by Gasteiger charge is 2.19. The molecule has 0 aromatic heterocycles. The second kappa shape index (κ2) is 10.3. The molecule has 6 nitrogen and oxygen atoms in total. The highest BCUT2D eigenvalue weighted by Crippen LogP contribution is 2.25. The fourth-order valence-electron chi connectivity index (χ4n) is 4.09. The van der Waals surface area contributed by atoms with Gasteiger partial charge < -0.3 is 9.84 Å². The van der Waals surface area contributed by atoms with Crippen molar-refractivity contribution in [3.8, 4) is 11.5 Å². The number of nitrogens with one attached hydrogen (secondary N) is 1. The Morgan fingerprint density at radius 2 is 1.73 bits per heavy atom. The van der Waals surface area contributed by atoms with Crippen LogP contribution in [0, 0.1) is 6.92 Å². The van der Waals surface area contributed by atoms with Gasteiger partial charge in [-0.1, -0.05) is 30.3 Å². The van der Waals surface area contributed by atoms with Crippen molar-refractivity contribution in [3.05, 3.63) is 83.4 Å². The number of hydrogen-bond acceptors (Lipinski definition) is 5. The van der Waals surface area contributed by atoms with E-state index in [4.69, 9.17) is 4.74 Å². The normalized spacial score (nSPS) is 14.3. The fourth-order valence-corrected chi connectivity index (χ4v) is 5.39. The molecule has 33 heavy (non-hydrogen) atoms. The summed E-state index contributed by atoms with van der Waals surface area (Å²) in [6, 6.07) is 19.3. The maximum atomic E-state index is 13.1. The molecule has 1 saturated heterocycles. The molecule has 174 valence electrons. The van der Waals surface area contributed by atoms with E-state index in [1.807, 2.05) is 31.2 Å². The lowest BCUT2D eigenvalue weighted by Crippen LogP contribution is -2.25. The number of likely N-dealkylation sites (tertiary alicyclic amines) is 1.